The Kier molecular flexibility index (Phi) is 5.25. The zero-order valence-electron chi connectivity index (χ0n) is 14.6. The van der Waals surface area contributed by atoms with E-state index in [2.05, 4.69) is 0 Å². The van der Waals surface area contributed by atoms with E-state index in [1.807, 2.05) is 0 Å². The second-order valence-corrected chi connectivity index (χ2v) is 8.29. The molecule has 12 heteroatoms. The molecule has 0 saturated carbocycles. The molecule has 0 aliphatic carbocycles. The van der Waals surface area contributed by atoms with E-state index in [0.717, 1.165) is 6.07 Å². The van der Waals surface area contributed by atoms with Crippen molar-refractivity contribution in [2.24, 2.45) is 5.73 Å². The standard InChI is InChI=1S/C17H10B3ClFNO5S/c18-16(10-7-4-8-11(22)12(10)21)14(24)13(15(23)27-16)28-29(25,26)17(19,20)9-5-2-1-3-6-9/h1-8H,23H2/t16-/m0/s1. The van der Waals surface area contributed by atoms with Gasteiger partial charge in [-0.2, -0.15) is 8.42 Å². The third kappa shape index (κ3) is 3.42. The molecule has 2 aromatic carbocycles. The van der Waals surface area contributed by atoms with Crippen LogP contribution in [-0.4, -0.2) is 37.7 Å². The van der Waals surface area contributed by atoms with Crippen molar-refractivity contribution in [3.05, 3.63) is 82.1 Å². The Morgan fingerprint density at radius 3 is 2.38 bits per heavy atom. The molecule has 0 amide bonds. The van der Waals surface area contributed by atoms with Crippen molar-refractivity contribution in [1.82, 2.24) is 0 Å². The molecule has 6 radical (unpaired) electrons. The molecule has 0 aromatic heterocycles. The van der Waals surface area contributed by atoms with Crippen LogP contribution in [0.1, 0.15) is 11.1 Å². The van der Waals surface area contributed by atoms with Gasteiger partial charge in [-0.1, -0.05) is 54.1 Å². The molecule has 0 spiro atoms. The number of nitrogens with two attached hydrogens (primary N) is 1. The van der Waals surface area contributed by atoms with Crippen molar-refractivity contribution in [3.63, 3.8) is 0 Å². The third-order valence-electron chi connectivity index (χ3n) is 4.22. The normalized spacial score (nSPS) is 19.9. The molecule has 2 aromatic rings. The van der Waals surface area contributed by atoms with Gasteiger partial charge in [-0.25, -0.2) is 4.39 Å². The molecule has 2 N–H and O–H groups in total. The van der Waals surface area contributed by atoms with Crippen molar-refractivity contribution in [3.8, 4) is 0 Å². The van der Waals surface area contributed by atoms with Crippen LogP contribution in [0.3, 0.4) is 0 Å². The van der Waals surface area contributed by atoms with Crippen LogP contribution in [0.25, 0.3) is 0 Å². The van der Waals surface area contributed by atoms with Gasteiger partial charge in [-0.05, 0) is 11.6 Å². The number of Topliss-reactive ketones (excluding diaryl/α,β-unsaturated/α-hetero) is 1. The van der Waals surface area contributed by atoms with Gasteiger partial charge >= 0.3 is 10.1 Å². The number of rotatable bonds is 5. The predicted molar refractivity (Wildman–Crippen MR) is 106 cm³/mol. The lowest BCUT2D eigenvalue weighted by Crippen LogP contribution is -2.40. The fourth-order valence-corrected chi connectivity index (χ4v) is 3.82. The maximum Gasteiger partial charge on any atom is 0.302 e. The van der Waals surface area contributed by atoms with Gasteiger partial charge in [-0.15, -0.1) is 0 Å². The van der Waals surface area contributed by atoms with Crippen molar-refractivity contribution < 1.29 is 26.5 Å². The summed E-state index contributed by atoms with van der Waals surface area (Å²) in [6.45, 7) is 0. The molecule has 1 heterocycles. The van der Waals surface area contributed by atoms with Crippen molar-refractivity contribution in [2.75, 3.05) is 0 Å². The monoisotopic (exact) mass is 427 g/mol. The summed E-state index contributed by atoms with van der Waals surface area (Å²) in [5.74, 6) is -3.80. The Morgan fingerprint density at radius 1 is 1.14 bits per heavy atom. The fourth-order valence-electron chi connectivity index (χ4n) is 2.62. The van der Waals surface area contributed by atoms with Crippen LogP contribution in [0.5, 0.6) is 0 Å². The van der Waals surface area contributed by atoms with Gasteiger partial charge in [0.25, 0.3) is 0 Å². The molecule has 0 fully saturated rings. The minimum atomic E-state index is -4.86. The van der Waals surface area contributed by atoms with Gasteiger partial charge in [0, 0.05) is 5.56 Å². The van der Waals surface area contributed by atoms with E-state index >= 15 is 0 Å². The molecule has 0 bridgehead atoms. The number of ketones is 1. The number of carbonyl (C=O) groups excluding carboxylic acids is 1. The summed E-state index contributed by atoms with van der Waals surface area (Å²) in [6, 6.07) is 10.8. The Balaban J connectivity index is 1.97. The van der Waals surface area contributed by atoms with Gasteiger partial charge in [0.15, 0.2) is 5.50 Å². The molecule has 1 aliphatic rings. The summed E-state index contributed by atoms with van der Waals surface area (Å²) in [6.07, 6.45) is 0. The highest BCUT2D eigenvalue weighted by atomic mass is 35.5. The van der Waals surface area contributed by atoms with E-state index in [-0.39, 0.29) is 11.1 Å². The summed E-state index contributed by atoms with van der Waals surface area (Å²) >= 11 is 5.86. The topological polar surface area (TPSA) is 95.7 Å². The van der Waals surface area contributed by atoms with Crippen LogP contribution in [0.2, 0.25) is 5.02 Å². The summed E-state index contributed by atoms with van der Waals surface area (Å²) < 4.78 is 46.5. The zero-order chi connectivity index (χ0) is 21.6. The molecule has 0 unspecified atom stereocenters. The summed E-state index contributed by atoms with van der Waals surface area (Å²) in [5, 5.41) is -0.503. The Hall–Kier alpha value is -2.39. The van der Waals surface area contributed by atoms with Crippen LogP contribution in [-0.2, 0) is 33.9 Å². The van der Waals surface area contributed by atoms with Crippen LogP contribution in [0.15, 0.2) is 60.2 Å². The van der Waals surface area contributed by atoms with Gasteiger partial charge in [-0.3, -0.25) is 4.79 Å². The van der Waals surface area contributed by atoms with E-state index in [0.29, 0.717) is 0 Å². The molecular weight excluding hydrogens is 417 g/mol. The highest BCUT2D eigenvalue weighted by molar-refractivity contribution is 7.90. The number of ether oxygens (including phenoxy) is 1. The van der Waals surface area contributed by atoms with Crippen LogP contribution in [0.4, 0.5) is 4.39 Å². The first-order valence-corrected chi connectivity index (χ1v) is 9.74. The molecule has 6 nitrogen and oxygen atoms in total. The van der Waals surface area contributed by atoms with Crippen molar-refractivity contribution >= 4 is 51.0 Å². The highest BCUT2D eigenvalue weighted by Gasteiger charge is 2.51. The first-order chi connectivity index (χ1) is 13.4. The lowest BCUT2D eigenvalue weighted by Gasteiger charge is -2.27. The molecule has 29 heavy (non-hydrogen) atoms. The van der Waals surface area contributed by atoms with E-state index in [1.165, 1.54) is 36.4 Å². The second-order valence-electron chi connectivity index (χ2n) is 6.16. The highest BCUT2D eigenvalue weighted by Crippen LogP contribution is 2.40. The average molecular weight is 427 g/mol. The Bertz CT molecular complexity index is 1130. The molecule has 142 valence electrons. The first-order valence-electron chi connectivity index (χ1n) is 7.96. The van der Waals surface area contributed by atoms with E-state index in [4.69, 9.17) is 49.8 Å². The molecule has 3 rings (SSSR count). The lowest BCUT2D eigenvalue weighted by atomic mass is 9.65. The fraction of sp³-hybridized carbons (Fsp3) is 0.118. The Morgan fingerprint density at radius 2 is 1.76 bits per heavy atom. The first kappa shape index (κ1) is 21.3. The maximum absolute atomic E-state index is 13.8. The van der Waals surface area contributed by atoms with Crippen LogP contribution < -0.4 is 5.73 Å². The van der Waals surface area contributed by atoms with Crippen molar-refractivity contribution in [2.45, 2.75) is 10.0 Å². The largest absolute Gasteiger partial charge is 0.467 e. The minimum Gasteiger partial charge on any atom is -0.467 e. The minimum absolute atomic E-state index is 0.0160. The Labute approximate surface area is 175 Å². The van der Waals surface area contributed by atoms with E-state index in [1.54, 1.807) is 6.07 Å². The van der Waals surface area contributed by atoms with Gasteiger partial charge in [0.05, 0.1) is 25.3 Å². The van der Waals surface area contributed by atoms with Crippen LogP contribution in [0, 0.1) is 5.82 Å². The smallest absolute Gasteiger partial charge is 0.302 e. The number of halogens is 2. The predicted octanol–water partition coefficient (Wildman–Crippen LogP) is 1.02. The average Bonchev–Trinajstić information content (AvgIpc) is 2.88. The van der Waals surface area contributed by atoms with Gasteiger partial charge < -0.3 is 14.7 Å². The summed E-state index contributed by atoms with van der Waals surface area (Å²) in [4.78, 5) is 12.8. The number of hydrogen-bond acceptors (Lipinski definition) is 6. The molecule has 1 aliphatic heterocycles. The van der Waals surface area contributed by atoms with Crippen molar-refractivity contribution in [1.29, 1.82) is 0 Å². The molecule has 1 atom stereocenters. The quantitative estimate of drug-likeness (QED) is 0.566. The number of carbonyl (C=O) groups is 1. The summed E-state index contributed by atoms with van der Waals surface area (Å²) in [5.41, 5.74) is 2.90. The number of hydrogen-bond donors (Lipinski definition) is 1. The second kappa shape index (κ2) is 7.14. The van der Waals surface area contributed by atoms with E-state index in [9.17, 15) is 17.6 Å². The van der Waals surface area contributed by atoms with Gasteiger partial charge in [0.1, 0.15) is 13.7 Å². The molecule has 0 saturated heterocycles. The van der Waals surface area contributed by atoms with Crippen LogP contribution >= 0.6 is 11.6 Å². The maximum atomic E-state index is 13.8. The zero-order valence-corrected chi connectivity index (χ0v) is 16.2. The summed E-state index contributed by atoms with van der Waals surface area (Å²) in [7, 11) is 12.6. The van der Waals surface area contributed by atoms with Gasteiger partial charge in [0.2, 0.25) is 17.4 Å². The SMILES string of the molecule is [B]C([B])(c1ccccc1)S(=O)(=O)OC1=C(N)O[C@@]([B])(c2cccc(F)c2Cl)C1=O. The molecular formula is C17H10B3ClFNO5S. The third-order valence-corrected chi connectivity index (χ3v) is 6.05. The number of benzene rings is 2. The lowest BCUT2D eigenvalue weighted by molar-refractivity contribution is -0.126. The van der Waals surface area contributed by atoms with E-state index < -0.39 is 48.4 Å².